The maximum Gasteiger partial charge on any atom is 0.173 e. The summed E-state index contributed by atoms with van der Waals surface area (Å²) in [6.45, 7) is 0. The molecule has 0 bridgehead atoms. The molecule has 0 aliphatic carbocycles. The van der Waals surface area contributed by atoms with Gasteiger partial charge < -0.3 is 5.73 Å². The number of pyridine rings is 1. The van der Waals surface area contributed by atoms with E-state index in [1.807, 2.05) is 6.07 Å². The summed E-state index contributed by atoms with van der Waals surface area (Å²) < 4.78 is 1.43. The van der Waals surface area contributed by atoms with Crippen molar-refractivity contribution in [3.05, 3.63) is 35.2 Å². The van der Waals surface area contributed by atoms with E-state index in [9.17, 15) is 0 Å². The summed E-state index contributed by atoms with van der Waals surface area (Å²) in [4.78, 5) is 4.03. The molecule has 0 aliphatic heterocycles. The number of aromatic nitrogens is 3. The first kappa shape index (κ1) is 9.49. The second kappa shape index (κ2) is 3.59. The van der Waals surface area contributed by atoms with Crippen LogP contribution in [0, 0.1) is 11.3 Å². The molecule has 2 aromatic heterocycles. The molecular formula is C9H6ClN5. The second-order valence-electron chi connectivity index (χ2n) is 2.83. The Bertz CT molecular complexity index is 540. The summed E-state index contributed by atoms with van der Waals surface area (Å²) in [5.41, 5.74) is 6.38. The quantitative estimate of drug-likeness (QED) is 0.786. The number of halogens is 1. The summed E-state index contributed by atoms with van der Waals surface area (Å²) in [6, 6.07) is 3.51. The Kier molecular flexibility index (Phi) is 2.27. The van der Waals surface area contributed by atoms with E-state index in [4.69, 9.17) is 22.6 Å². The van der Waals surface area contributed by atoms with Crippen molar-refractivity contribution in [1.29, 1.82) is 5.26 Å². The van der Waals surface area contributed by atoms with Crippen molar-refractivity contribution in [2.45, 2.75) is 0 Å². The molecule has 74 valence electrons. The monoisotopic (exact) mass is 219 g/mol. The Balaban J connectivity index is 2.59. The summed E-state index contributed by atoms with van der Waals surface area (Å²) in [5, 5.41) is 13.0. The van der Waals surface area contributed by atoms with E-state index in [-0.39, 0.29) is 5.02 Å². The van der Waals surface area contributed by atoms with Crippen LogP contribution in [0.1, 0.15) is 5.56 Å². The minimum absolute atomic E-state index is 0.267. The first-order valence-electron chi connectivity index (χ1n) is 4.07. The smallest absolute Gasteiger partial charge is 0.173 e. The Morgan fingerprint density at radius 1 is 1.53 bits per heavy atom. The first-order valence-corrected chi connectivity index (χ1v) is 4.45. The lowest BCUT2D eigenvalue weighted by Crippen LogP contribution is -1.99. The minimum atomic E-state index is 0.267. The summed E-state index contributed by atoms with van der Waals surface area (Å²) in [7, 11) is 0. The Morgan fingerprint density at radius 3 is 2.93 bits per heavy atom. The Hall–Kier alpha value is -2.06. The molecule has 0 radical (unpaired) electrons. The average Bonchev–Trinajstić information content (AvgIpc) is 2.65. The second-order valence-corrected chi connectivity index (χ2v) is 3.20. The maximum absolute atomic E-state index is 8.78. The highest BCUT2D eigenvalue weighted by Gasteiger charge is 2.09. The molecule has 2 N–H and O–H groups in total. The predicted octanol–water partition coefficient (Wildman–Crippen LogP) is 1.37. The molecule has 6 heteroatoms. The average molecular weight is 220 g/mol. The molecule has 0 fully saturated rings. The van der Waals surface area contributed by atoms with Gasteiger partial charge in [-0.05, 0) is 6.07 Å². The van der Waals surface area contributed by atoms with Gasteiger partial charge in [0.1, 0.15) is 11.1 Å². The molecule has 0 aromatic carbocycles. The van der Waals surface area contributed by atoms with E-state index in [1.54, 1.807) is 12.3 Å². The van der Waals surface area contributed by atoms with Crippen molar-refractivity contribution in [3.8, 4) is 11.9 Å². The molecule has 0 aliphatic rings. The Morgan fingerprint density at radius 2 is 2.33 bits per heavy atom. The predicted molar refractivity (Wildman–Crippen MR) is 55.5 cm³/mol. The van der Waals surface area contributed by atoms with Gasteiger partial charge in [-0.15, -0.1) is 0 Å². The molecule has 2 rings (SSSR count). The molecule has 0 saturated carbocycles. The zero-order valence-electron chi connectivity index (χ0n) is 7.55. The largest absolute Gasteiger partial charge is 0.396 e. The number of nitrogens with two attached hydrogens (primary N) is 1. The van der Waals surface area contributed by atoms with E-state index in [0.717, 1.165) is 0 Å². The number of hydrogen-bond acceptors (Lipinski definition) is 4. The van der Waals surface area contributed by atoms with E-state index in [1.165, 1.54) is 17.1 Å². The van der Waals surface area contributed by atoms with Crippen LogP contribution in [0.25, 0.3) is 5.82 Å². The third kappa shape index (κ3) is 1.63. The van der Waals surface area contributed by atoms with Crippen LogP contribution in [0.5, 0.6) is 0 Å². The fourth-order valence-corrected chi connectivity index (χ4v) is 1.37. The van der Waals surface area contributed by atoms with Crippen LogP contribution in [0.15, 0.2) is 24.7 Å². The van der Waals surface area contributed by atoms with Crippen molar-refractivity contribution in [2.75, 3.05) is 5.73 Å². The molecular weight excluding hydrogens is 214 g/mol. The molecule has 0 amide bonds. The van der Waals surface area contributed by atoms with Gasteiger partial charge in [0.05, 0.1) is 23.6 Å². The van der Waals surface area contributed by atoms with Crippen LogP contribution >= 0.6 is 11.6 Å². The maximum atomic E-state index is 8.78. The van der Waals surface area contributed by atoms with E-state index < -0.39 is 0 Å². The van der Waals surface area contributed by atoms with Crippen LogP contribution in [-0.4, -0.2) is 14.8 Å². The van der Waals surface area contributed by atoms with Crippen molar-refractivity contribution in [3.63, 3.8) is 0 Å². The van der Waals surface area contributed by atoms with Crippen molar-refractivity contribution < 1.29 is 0 Å². The van der Waals surface area contributed by atoms with E-state index in [0.29, 0.717) is 17.1 Å². The molecule has 15 heavy (non-hydrogen) atoms. The number of nitriles is 1. The SMILES string of the molecule is N#Cc1ccnc(-n2cc(N)cn2)c1Cl. The number of nitrogen functional groups attached to an aromatic ring is 1. The number of anilines is 1. The normalized spacial score (nSPS) is 9.87. The molecule has 0 spiro atoms. The Labute approximate surface area is 90.7 Å². The van der Waals surface area contributed by atoms with Gasteiger partial charge in [0, 0.05) is 6.20 Å². The number of hydrogen-bond donors (Lipinski definition) is 1. The van der Waals surface area contributed by atoms with Crippen molar-refractivity contribution >= 4 is 17.3 Å². The van der Waals surface area contributed by atoms with Crippen molar-refractivity contribution in [2.24, 2.45) is 0 Å². The van der Waals surface area contributed by atoms with Crippen LogP contribution in [0.2, 0.25) is 5.02 Å². The van der Waals surface area contributed by atoms with Gasteiger partial charge in [-0.1, -0.05) is 11.6 Å². The van der Waals surface area contributed by atoms with Crippen LogP contribution in [0.4, 0.5) is 5.69 Å². The molecule has 0 saturated heterocycles. The molecule has 5 nitrogen and oxygen atoms in total. The van der Waals surface area contributed by atoms with Gasteiger partial charge in [-0.2, -0.15) is 10.4 Å². The zero-order valence-corrected chi connectivity index (χ0v) is 8.31. The summed E-state index contributed by atoms with van der Waals surface area (Å²) in [5.74, 6) is 0.396. The number of rotatable bonds is 1. The zero-order chi connectivity index (χ0) is 10.8. The minimum Gasteiger partial charge on any atom is -0.396 e. The van der Waals surface area contributed by atoms with Crippen LogP contribution in [0.3, 0.4) is 0 Å². The van der Waals surface area contributed by atoms with E-state index in [2.05, 4.69) is 10.1 Å². The molecule has 2 aromatic rings. The topological polar surface area (TPSA) is 80.5 Å². The lowest BCUT2D eigenvalue weighted by molar-refractivity contribution is 0.846. The summed E-state index contributed by atoms with van der Waals surface area (Å²) in [6.07, 6.45) is 4.56. The fourth-order valence-electron chi connectivity index (χ4n) is 1.13. The number of nitrogens with zero attached hydrogens (tertiary/aromatic N) is 4. The third-order valence-electron chi connectivity index (χ3n) is 1.81. The van der Waals surface area contributed by atoms with Gasteiger partial charge in [0.25, 0.3) is 0 Å². The van der Waals surface area contributed by atoms with Gasteiger partial charge >= 0.3 is 0 Å². The van der Waals surface area contributed by atoms with E-state index >= 15 is 0 Å². The van der Waals surface area contributed by atoms with Crippen LogP contribution < -0.4 is 5.73 Å². The van der Waals surface area contributed by atoms with Crippen LogP contribution in [-0.2, 0) is 0 Å². The van der Waals surface area contributed by atoms with Gasteiger partial charge in [-0.25, -0.2) is 9.67 Å². The van der Waals surface area contributed by atoms with Gasteiger partial charge in [0.15, 0.2) is 5.82 Å². The first-order chi connectivity index (χ1) is 7.22. The summed E-state index contributed by atoms with van der Waals surface area (Å²) >= 11 is 5.97. The lowest BCUT2D eigenvalue weighted by Gasteiger charge is -2.02. The molecule has 0 unspecified atom stereocenters. The molecule has 0 atom stereocenters. The van der Waals surface area contributed by atoms with Crippen molar-refractivity contribution in [1.82, 2.24) is 14.8 Å². The highest BCUT2D eigenvalue weighted by Crippen LogP contribution is 2.21. The van der Waals surface area contributed by atoms with Gasteiger partial charge in [-0.3, -0.25) is 0 Å². The molecule has 2 heterocycles. The fraction of sp³-hybridized carbons (Fsp3) is 0. The standard InChI is InChI=1S/C9H6ClN5/c10-8-6(3-11)1-2-13-9(8)15-5-7(12)4-14-15/h1-2,4-5H,12H2. The lowest BCUT2D eigenvalue weighted by atomic mass is 10.3. The van der Waals surface area contributed by atoms with Gasteiger partial charge in [0.2, 0.25) is 0 Å². The highest BCUT2D eigenvalue weighted by atomic mass is 35.5. The third-order valence-corrected chi connectivity index (χ3v) is 2.18. The highest BCUT2D eigenvalue weighted by molar-refractivity contribution is 6.33.